The van der Waals surface area contributed by atoms with Crippen molar-refractivity contribution in [2.75, 3.05) is 7.11 Å². The quantitative estimate of drug-likeness (QED) is 0.762. The number of methoxy groups -OCH3 is 1. The molecule has 0 amide bonds. The van der Waals surface area contributed by atoms with E-state index >= 15 is 0 Å². The first-order valence-electron chi connectivity index (χ1n) is 4.75. The van der Waals surface area contributed by atoms with E-state index in [2.05, 4.69) is 32.8 Å². The van der Waals surface area contributed by atoms with Gasteiger partial charge in [0.1, 0.15) is 6.33 Å². The normalized spacial score (nSPS) is 12.5. The molecule has 1 aromatic rings. The predicted molar refractivity (Wildman–Crippen MR) is 59.9 cm³/mol. The average Bonchev–Trinajstić information content (AvgIpc) is 2.18. The fourth-order valence-corrected chi connectivity index (χ4v) is 2.03. The molecule has 78 valence electrons. The highest BCUT2D eigenvalue weighted by Gasteiger charge is 2.06. The average molecular weight is 259 g/mol. The molecule has 1 unspecified atom stereocenters. The molecule has 0 bridgehead atoms. The minimum atomic E-state index is 0.493. The van der Waals surface area contributed by atoms with E-state index in [4.69, 9.17) is 4.74 Å². The Kier molecular flexibility index (Phi) is 4.87. The van der Waals surface area contributed by atoms with Crippen molar-refractivity contribution in [1.82, 2.24) is 9.97 Å². The Morgan fingerprint density at radius 2 is 2.29 bits per heavy atom. The van der Waals surface area contributed by atoms with Crippen LogP contribution in [0.2, 0.25) is 0 Å². The second kappa shape index (κ2) is 5.96. The summed E-state index contributed by atoms with van der Waals surface area (Å²) in [5.41, 5.74) is 1.02. The Morgan fingerprint density at radius 1 is 1.50 bits per heavy atom. The molecule has 4 heteroatoms. The van der Waals surface area contributed by atoms with Gasteiger partial charge in [-0.2, -0.15) is 0 Å². The van der Waals surface area contributed by atoms with Crippen LogP contribution in [0.25, 0.3) is 0 Å². The van der Waals surface area contributed by atoms with Crippen molar-refractivity contribution >= 4 is 15.9 Å². The van der Waals surface area contributed by atoms with Crippen molar-refractivity contribution in [3.8, 4) is 5.88 Å². The van der Waals surface area contributed by atoms with Crippen LogP contribution < -0.4 is 4.74 Å². The zero-order valence-corrected chi connectivity index (χ0v) is 10.1. The van der Waals surface area contributed by atoms with E-state index < -0.39 is 0 Å². The summed E-state index contributed by atoms with van der Waals surface area (Å²) in [6.45, 7) is 2.18. The minimum Gasteiger partial charge on any atom is -0.481 e. The lowest BCUT2D eigenvalue weighted by Gasteiger charge is -2.07. The maximum absolute atomic E-state index is 5.03. The van der Waals surface area contributed by atoms with Gasteiger partial charge in [-0.25, -0.2) is 9.97 Å². The SMILES string of the molecule is CCCC(Br)Cc1cc(OC)ncn1. The number of rotatable bonds is 5. The van der Waals surface area contributed by atoms with Crippen molar-refractivity contribution in [1.29, 1.82) is 0 Å². The molecule has 14 heavy (non-hydrogen) atoms. The van der Waals surface area contributed by atoms with E-state index in [-0.39, 0.29) is 0 Å². The van der Waals surface area contributed by atoms with Crippen LogP contribution in [0, 0.1) is 0 Å². The van der Waals surface area contributed by atoms with Crippen LogP contribution in [0.5, 0.6) is 5.88 Å². The van der Waals surface area contributed by atoms with Gasteiger partial charge in [-0.1, -0.05) is 29.3 Å². The maximum atomic E-state index is 5.03. The predicted octanol–water partition coefficient (Wildman–Crippen LogP) is 2.59. The molecule has 0 saturated carbocycles. The van der Waals surface area contributed by atoms with Crippen molar-refractivity contribution in [3.05, 3.63) is 18.1 Å². The summed E-state index contributed by atoms with van der Waals surface area (Å²) in [5.74, 6) is 0.631. The summed E-state index contributed by atoms with van der Waals surface area (Å²) in [5, 5.41) is 0. The smallest absolute Gasteiger partial charge is 0.216 e. The molecule has 1 aromatic heterocycles. The van der Waals surface area contributed by atoms with Crippen LogP contribution >= 0.6 is 15.9 Å². The van der Waals surface area contributed by atoms with E-state index in [1.54, 1.807) is 13.4 Å². The lowest BCUT2D eigenvalue weighted by atomic mass is 10.1. The molecule has 3 nitrogen and oxygen atoms in total. The molecule has 0 N–H and O–H groups in total. The summed E-state index contributed by atoms with van der Waals surface area (Å²) >= 11 is 3.62. The summed E-state index contributed by atoms with van der Waals surface area (Å²) in [4.78, 5) is 8.64. The molecule has 0 aliphatic heterocycles. The molecule has 0 saturated heterocycles. The number of hydrogen-bond acceptors (Lipinski definition) is 3. The number of hydrogen-bond donors (Lipinski definition) is 0. The van der Waals surface area contributed by atoms with Gasteiger partial charge in [0.25, 0.3) is 0 Å². The van der Waals surface area contributed by atoms with Gasteiger partial charge in [0.2, 0.25) is 5.88 Å². The van der Waals surface area contributed by atoms with Gasteiger partial charge in [-0.3, -0.25) is 0 Å². The van der Waals surface area contributed by atoms with E-state index in [1.165, 1.54) is 6.42 Å². The fraction of sp³-hybridized carbons (Fsp3) is 0.600. The number of alkyl halides is 1. The first-order valence-corrected chi connectivity index (χ1v) is 5.66. The minimum absolute atomic E-state index is 0.493. The van der Waals surface area contributed by atoms with Crippen LogP contribution in [0.15, 0.2) is 12.4 Å². The third kappa shape index (κ3) is 3.62. The molecule has 0 fully saturated rings. The lowest BCUT2D eigenvalue weighted by Crippen LogP contribution is -2.04. The number of ether oxygens (including phenoxy) is 1. The first kappa shape index (κ1) is 11.4. The molecule has 1 heterocycles. The molecular weight excluding hydrogens is 244 g/mol. The van der Waals surface area contributed by atoms with Crippen LogP contribution in [0.3, 0.4) is 0 Å². The second-order valence-electron chi connectivity index (χ2n) is 3.14. The number of halogens is 1. The molecule has 0 radical (unpaired) electrons. The third-order valence-electron chi connectivity index (χ3n) is 1.94. The van der Waals surface area contributed by atoms with Gasteiger partial charge >= 0.3 is 0 Å². The standard InChI is InChI=1S/C10H15BrN2O/c1-3-4-8(11)5-9-6-10(14-2)13-7-12-9/h6-8H,3-5H2,1-2H3. The molecule has 1 rings (SSSR count). The highest BCUT2D eigenvalue weighted by molar-refractivity contribution is 9.09. The molecular formula is C10H15BrN2O. The Balaban J connectivity index is 2.57. The maximum Gasteiger partial charge on any atom is 0.216 e. The van der Waals surface area contributed by atoms with Gasteiger partial charge < -0.3 is 4.74 Å². The summed E-state index contributed by atoms with van der Waals surface area (Å²) in [6.07, 6.45) is 4.80. The second-order valence-corrected chi connectivity index (χ2v) is 4.44. The van der Waals surface area contributed by atoms with E-state index in [0.29, 0.717) is 10.7 Å². The van der Waals surface area contributed by atoms with Crippen LogP contribution in [-0.4, -0.2) is 21.9 Å². The van der Waals surface area contributed by atoms with Crippen molar-refractivity contribution in [2.24, 2.45) is 0 Å². The third-order valence-corrected chi connectivity index (χ3v) is 2.72. The van der Waals surface area contributed by atoms with Crippen LogP contribution in [0.4, 0.5) is 0 Å². The van der Waals surface area contributed by atoms with E-state index in [9.17, 15) is 0 Å². The van der Waals surface area contributed by atoms with Crippen molar-refractivity contribution in [3.63, 3.8) is 0 Å². The lowest BCUT2D eigenvalue weighted by molar-refractivity contribution is 0.396. The monoisotopic (exact) mass is 258 g/mol. The van der Waals surface area contributed by atoms with Crippen LogP contribution in [0.1, 0.15) is 25.5 Å². The van der Waals surface area contributed by atoms with Crippen molar-refractivity contribution < 1.29 is 4.74 Å². The Morgan fingerprint density at radius 3 is 2.93 bits per heavy atom. The van der Waals surface area contributed by atoms with Gasteiger partial charge in [-0.05, 0) is 6.42 Å². The van der Waals surface area contributed by atoms with Gasteiger partial charge in [-0.15, -0.1) is 0 Å². The molecule has 0 aliphatic carbocycles. The van der Waals surface area contributed by atoms with Gasteiger partial charge in [0.15, 0.2) is 0 Å². The number of aromatic nitrogens is 2. The topological polar surface area (TPSA) is 35.0 Å². The fourth-order valence-electron chi connectivity index (χ4n) is 1.24. The molecule has 0 aromatic carbocycles. The first-order chi connectivity index (χ1) is 6.76. The Bertz CT molecular complexity index is 281. The largest absolute Gasteiger partial charge is 0.481 e. The molecule has 1 atom stereocenters. The Hall–Kier alpha value is -0.640. The highest BCUT2D eigenvalue weighted by Crippen LogP contribution is 2.15. The van der Waals surface area contributed by atoms with Crippen molar-refractivity contribution in [2.45, 2.75) is 31.0 Å². The van der Waals surface area contributed by atoms with Crippen LogP contribution in [-0.2, 0) is 6.42 Å². The van der Waals surface area contributed by atoms with E-state index in [1.807, 2.05) is 6.07 Å². The summed E-state index contributed by atoms with van der Waals surface area (Å²) < 4.78 is 5.03. The molecule has 0 aliphatic rings. The number of nitrogens with zero attached hydrogens (tertiary/aromatic N) is 2. The zero-order chi connectivity index (χ0) is 10.4. The molecule has 0 spiro atoms. The van der Waals surface area contributed by atoms with Gasteiger partial charge in [0.05, 0.1) is 7.11 Å². The van der Waals surface area contributed by atoms with Gasteiger partial charge in [0, 0.05) is 23.0 Å². The summed E-state index contributed by atoms with van der Waals surface area (Å²) in [7, 11) is 1.61. The highest BCUT2D eigenvalue weighted by atomic mass is 79.9. The Labute approximate surface area is 93.0 Å². The summed E-state index contributed by atoms with van der Waals surface area (Å²) in [6, 6.07) is 1.88. The van der Waals surface area contributed by atoms with E-state index in [0.717, 1.165) is 18.5 Å². The zero-order valence-electron chi connectivity index (χ0n) is 8.53.